The van der Waals surface area contributed by atoms with Crippen LogP contribution in [0.3, 0.4) is 0 Å². The maximum absolute atomic E-state index is 12.8. The van der Waals surface area contributed by atoms with E-state index in [9.17, 15) is 9.18 Å². The summed E-state index contributed by atoms with van der Waals surface area (Å²) in [5, 5.41) is 3.04. The van der Waals surface area contributed by atoms with E-state index in [4.69, 9.17) is 0 Å². The van der Waals surface area contributed by atoms with E-state index in [0.29, 0.717) is 12.5 Å². The zero-order valence-electron chi connectivity index (χ0n) is 13.5. The first kappa shape index (κ1) is 16.9. The SMILES string of the molecule is CC(CNC(=O)CCCCc1ccc(F)cc1)N1CCCC1. The van der Waals surface area contributed by atoms with Crippen LogP contribution in [-0.2, 0) is 11.2 Å². The van der Waals surface area contributed by atoms with E-state index in [1.165, 1.54) is 25.0 Å². The van der Waals surface area contributed by atoms with Crippen LogP contribution in [0.15, 0.2) is 24.3 Å². The summed E-state index contributed by atoms with van der Waals surface area (Å²) in [6.07, 6.45) is 5.87. The molecular formula is C18H27FN2O. The van der Waals surface area contributed by atoms with Crippen molar-refractivity contribution in [3.05, 3.63) is 35.6 Å². The Balaban J connectivity index is 1.54. The number of nitrogens with zero attached hydrogens (tertiary/aromatic N) is 1. The molecule has 1 aliphatic heterocycles. The first-order valence-corrected chi connectivity index (χ1v) is 8.40. The molecule has 0 aliphatic carbocycles. The van der Waals surface area contributed by atoms with Gasteiger partial charge in [0.2, 0.25) is 5.91 Å². The number of carbonyl (C=O) groups excluding carboxylic acids is 1. The molecule has 1 atom stereocenters. The Morgan fingerprint density at radius 2 is 1.91 bits per heavy atom. The van der Waals surface area contributed by atoms with Crippen LogP contribution in [0.5, 0.6) is 0 Å². The number of halogens is 1. The third-order valence-electron chi connectivity index (χ3n) is 4.39. The Labute approximate surface area is 132 Å². The van der Waals surface area contributed by atoms with E-state index in [1.807, 2.05) is 12.1 Å². The van der Waals surface area contributed by atoms with Gasteiger partial charge in [-0.1, -0.05) is 12.1 Å². The minimum absolute atomic E-state index is 0.144. The summed E-state index contributed by atoms with van der Waals surface area (Å²) in [5.41, 5.74) is 1.13. The number of hydrogen-bond donors (Lipinski definition) is 1. The lowest BCUT2D eigenvalue weighted by Gasteiger charge is -2.23. The van der Waals surface area contributed by atoms with Gasteiger partial charge >= 0.3 is 0 Å². The van der Waals surface area contributed by atoms with E-state index in [-0.39, 0.29) is 11.7 Å². The molecule has 0 radical (unpaired) electrons. The van der Waals surface area contributed by atoms with Crippen LogP contribution in [0.1, 0.15) is 44.6 Å². The molecule has 3 nitrogen and oxygen atoms in total. The van der Waals surface area contributed by atoms with Crippen molar-refractivity contribution in [2.45, 2.75) is 51.5 Å². The number of rotatable bonds is 8. The Hall–Kier alpha value is -1.42. The number of benzene rings is 1. The van der Waals surface area contributed by atoms with Crippen molar-refractivity contribution >= 4 is 5.91 Å². The first-order chi connectivity index (χ1) is 10.6. The van der Waals surface area contributed by atoms with Crippen LogP contribution in [0, 0.1) is 5.82 Å². The molecule has 2 rings (SSSR count). The maximum Gasteiger partial charge on any atom is 0.220 e. The predicted molar refractivity (Wildman–Crippen MR) is 87.2 cm³/mol. The molecule has 0 bridgehead atoms. The van der Waals surface area contributed by atoms with Gasteiger partial charge in [0.15, 0.2) is 0 Å². The Morgan fingerprint density at radius 1 is 1.23 bits per heavy atom. The maximum atomic E-state index is 12.8. The van der Waals surface area contributed by atoms with Gasteiger partial charge in [-0.05, 0) is 69.8 Å². The number of amides is 1. The summed E-state index contributed by atoms with van der Waals surface area (Å²) in [6, 6.07) is 7.04. The van der Waals surface area contributed by atoms with E-state index < -0.39 is 0 Å². The second kappa shape index (κ2) is 8.89. The standard InChI is InChI=1S/C18H27FN2O/c1-15(21-12-4-5-13-21)14-20-18(22)7-3-2-6-16-8-10-17(19)11-9-16/h8-11,15H,2-7,12-14H2,1H3,(H,20,22). The van der Waals surface area contributed by atoms with Gasteiger partial charge in [-0.2, -0.15) is 0 Å². The molecule has 1 unspecified atom stereocenters. The van der Waals surface area contributed by atoms with Gasteiger partial charge in [0.05, 0.1) is 0 Å². The molecule has 1 N–H and O–H groups in total. The lowest BCUT2D eigenvalue weighted by atomic mass is 10.1. The predicted octanol–water partition coefficient (Wildman–Crippen LogP) is 3.14. The highest BCUT2D eigenvalue weighted by molar-refractivity contribution is 5.75. The van der Waals surface area contributed by atoms with Gasteiger partial charge in [-0.25, -0.2) is 4.39 Å². The van der Waals surface area contributed by atoms with Gasteiger partial charge < -0.3 is 5.32 Å². The molecule has 1 saturated heterocycles. The molecule has 1 fully saturated rings. The van der Waals surface area contributed by atoms with Crippen molar-refractivity contribution in [1.29, 1.82) is 0 Å². The summed E-state index contributed by atoms with van der Waals surface area (Å²) in [6.45, 7) is 5.25. The fourth-order valence-electron chi connectivity index (χ4n) is 2.93. The molecule has 0 aromatic heterocycles. The van der Waals surface area contributed by atoms with Gasteiger partial charge in [0, 0.05) is 19.0 Å². The van der Waals surface area contributed by atoms with Crippen LogP contribution < -0.4 is 5.32 Å². The molecule has 1 aromatic carbocycles. The number of aryl methyl sites for hydroxylation is 1. The van der Waals surface area contributed by atoms with E-state index in [0.717, 1.165) is 44.5 Å². The molecular weight excluding hydrogens is 279 g/mol. The zero-order chi connectivity index (χ0) is 15.8. The molecule has 0 spiro atoms. The smallest absolute Gasteiger partial charge is 0.220 e. The fourth-order valence-corrected chi connectivity index (χ4v) is 2.93. The number of nitrogens with one attached hydrogen (secondary N) is 1. The summed E-state index contributed by atoms with van der Waals surface area (Å²) in [4.78, 5) is 14.3. The van der Waals surface area contributed by atoms with E-state index in [1.54, 1.807) is 0 Å². The lowest BCUT2D eigenvalue weighted by molar-refractivity contribution is -0.121. The summed E-state index contributed by atoms with van der Waals surface area (Å²) < 4.78 is 12.8. The third kappa shape index (κ3) is 5.76. The Bertz CT molecular complexity index is 455. The monoisotopic (exact) mass is 306 g/mol. The largest absolute Gasteiger partial charge is 0.355 e. The van der Waals surface area contributed by atoms with E-state index >= 15 is 0 Å². The minimum Gasteiger partial charge on any atom is -0.355 e. The average Bonchev–Trinajstić information content (AvgIpc) is 3.05. The van der Waals surface area contributed by atoms with Gasteiger partial charge in [0.25, 0.3) is 0 Å². The van der Waals surface area contributed by atoms with Crippen LogP contribution in [-0.4, -0.2) is 36.5 Å². The van der Waals surface area contributed by atoms with Crippen LogP contribution in [0.4, 0.5) is 4.39 Å². The van der Waals surface area contributed by atoms with Crippen LogP contribution >= 0.6 is 0 Å². The summed E-state index contributed by atoms with van der Waals surface area (Å²) in [7, 11) is 0. The summed E-state index contributed by atoms with van der Waals surface area (Å²) >= 11 is 0. The second-order valence-corrected chi connectivity index (χ2v) is 6.23. The van der Waals surface area contributed by atoms with Crippen molar-refractivity contribution in [2.24, 2.45) is 0 Å². The number of unbranched alkanes of at least 4 members (excludes halogenated alkanes) is 1. The van der Waals surface area contributed by atoms with Crippen LogP contribution in [0.25, 0.3) is 0 Å². The van der Waals surface area contributed by atoms with Gasteiger partial charge in [-0.15, -0.1) is 0 Å². The third-order valence-corrected chi connectivity index (χ3v) is 4.39. The van der Waals surface area contributed by atoms with Gasteiger partial charge in [0.1, 0.15) is 5.82 Å². The number of likely N-dealkylation sites (tertiary alicyclic amines) is 1. The Kier molecular flexibility index (Phi) is 6.84. The molecule has 1 aliphatic rings. The quantitative estimate of drug-likeness (QED) is 0.748. The first-order valence-electron chi connectivity index (χ1n) is 8.40. The molecule has 1 amide bonds. The lowest BCUT2D eigenvalue weighted by Crippen LogP contribution is -2.40. The summed E-state index contributed by atoms with van der Waals surface area (Å²) in [5.74, 6) is -0.0552. The molecule has 1 aromatic rings. The van der Waals surface area contributed by atoms with Gasteiger partial charge in [-0.3, -0.25) is 9.69 Å². The minimum atomic E-state index is -0.199. The number of carbonyl (C=O) groups is 1. The second-order valence-electron chi connectivity index (χ2n) is 6.23. The average molecular weight is 306 g/mol. The van der Waals surface area contributed by atoms with Crippen molar-refractivity contribution in [3.8, 4) is 0 Å². The molecule has 122 valence electrons. The van der Waals surface area contributed by atoms with Crippen molar-refractivity contribution < 1.29 is 9.18 Å². The number of hydrogen-bond acceptors (Lipinski definition) is 2. The molecule has 0 saturated carbocycles. The van der Waals surface area contributed by atoms with E-state index in [2.05, 4.69) is 17.1 Å². The zero-order valence-corrected chi connectivity index (χ0v) is 13.5. The fraction of sp³-hybridized carbons (Fsp3) is 0.611. The van der Waals surface area contributed by atoms with Crippen molar-refractivity contribution in [2.75, 3.05) is 19.6 Å². The molecule has 4 heteroatoms. The van der Waals surface area contributed by atoms with Crippen molar-refractivity contribution in [1.82, 2.24) is 10.2 Å². The highest BCUT2D eigenvalue weighted by Gasteiger charge is 2.18. The molecule has 22 heavy (non-hydrogen) atoms. The molecule has 1 heterocycles. The van der Waals surface area contributed by atoms with Crippen LogP contribution in [0.2, 0.25) is 0 Å². The topological polar surface area (TPSA) is 32.3 Å². The normalized spacial score (nSPS) is 16.6. The highest BCUT2D eigenvalue weighted by atomic mass is 19.1. The highest BCUT2D eigenvalue weighted by Crippen LogP contribution is 2.11. The van der Waals surface area contributed by atoms with Crippen molar-refractivity contribution in [3.63, 3.8) is 0 Å². The Morgan fingerprint density at radius 3 is 2.59 bits per heavy atom.